The minimum atomic E-state index is 0.323. The number of hydrazine groups is 1. The SMILES string of the molecule is COCCCOCCOc1ccnc(NN)n1. The zero-order valence-corrected chi connectivity index (χ0v) is 9.89. The third kappa shape index (κ3) is 6.00. The molecule has 0 saturated heterocycles. The molecule has 3 N–H and O–H groups in total. The van der Waals surface area contributed by atoms with Gasteiger partial charge < -0.3 is 14.2 Å². The van der Waals surface area contributed by atoms with Crippen LogP contribution in [-0.4, -0.2) is 43.5 Å². The van der Waals surface area contributed by atoms with E-state index < -0.39 is 0 Å². The minimum Gasteiger partial charge on any atom is -0.475 e. The highest BCUT2D eigenvalue weighted by Gasteiger charge is 1.98. The second-order valence-corrected chi connectivity index (χ2v) is 3.17. The van der Waals surface area contributed by atoms with Crippen molar-refractivity contribution in [3.05, 3.63) is 12.3 Å². The first-order chi connectivity index (χ1) is 8.36. The summed E-state index contributed by atoms with van der Waals surface area (Å²) in [7, 11) is 1.67. The number of rotatable bonds is 9. The Morgan fingerprint density at radius 1 is 1.29 bits per heavy atom. The highest BCUT2D eigenvalue weighted by Crippen LogP contribution is 2.06. The van der Waals surface area contributed by atoms with Crippen molar-refractivity contribution in [2.45, 2.75) is 6.42 Å². The van der Waals surface area contributed by atoms with Gasteiger partial charge in [-0.1, -0.05) is 0 Å². The van der Waals surface area contributed by atoms with Crippen LogP contribution < -0.4 is 16.0 Å². The topological polar surface area (TPSA) is 91.5 Å². The van der Waals surface area contributed by atoms with Crippen LogP contribution in [0.15, 0.2) is 12.3 Å². The van der Waals surface area contributed by atoms with Crippen molar-refractivity contribution in [1.29, 1.82) is 0 Å². The Morgan fingerprint density at radius 2 is 2.18 bits per heavy atom. The third-order valence-electron chi connectivity index (χ3n) is 1.87. The number of ether oxygens (including phenoxy) is 3. The Balaban J connectivity index is 2.09. The van der Waals surface area contributed by atoms with Gasteiger partial charge in [-0.3, -0.25) is 5.43 Å². The van der Waals surface area contributed by atoms with E-state index in [0.29, 0.717) is 38.3 Å². The summed E-state index contributed by atoms with van der Waals surface area (Å²) >= 11 is 0. The normalized spacial score (nSPS) is 10.2. The van der Waals surface area contributed by atoms with Crippen molar-refractivity contribution in [1.82, 2.24) is 9.97 Å². The predicted molar refractivity (Wildman–Crippen MR) is 62.6 cm³/mol. The van der Waals surface area contributed by atoms with Crippen LogP contribution in [0.5, 0.6) is 5.88 Å². The number of aromatic nitrogens is 2. The Bertz CT molecular complexity index is 311. The summed E-state index contributed by atoms with van der Waals surface area (Å²) in [6.45, 7) is 2.32. The Labute approximate surface area is 100 Å². The molecule has 0 radical (unpaired) electrons. The van der Waals surface area contributed by atoms with E-state index in [1.54, 1.807) is 19.4 Å². The number of nitrogens with zero attached hydrogens (tertiary/aromatic N) is 2. The van der Waals surface area contributed by atoms with Gasteiger partial charge in [-0.25, -0.2) is 10.8 Å². The Kier molecular flexibility index (Phi) is 6.96. The van der Waals surface area contributed by atoms with E-state index in [4.69, 9.17) is 20.1 Å². The molecule has 1 aromatic rings. The second-order valence-electron chi connectivity index (χ2n) is 3.17. The molecule has 1 rings (SSSR count). The van der Waals surface area contributed by atoms with Gasteiger partial charge in [0.05, 0.1) is 6.61 Å². The molecule has 0 fully saturated rings. The fraction of sp³-hybridized carbons (Fsp3) is 0.600. The number of hydrogen-bond donors (Lipinski definition) is 2. The monoisotopic (exact) mass is 242 g/mol. The maximum atomic E-state index is 5.35. The first-order valence-corrected chi connectivity index (χ1v) is 5.36. The van der Waals surface area contributed by atoms with Crippen LogP contribution in [0.25, 0.3) is 0 Å². The molecule has 0 bridgehead atoms. The molecule has 1 aromatic heterocycles. The van der Waals surface area contributed by atoms with Gasteiger partial charge in [0.2, 0.25) is 11.8 Å². The van der Waals surface area contributed by atoms with E-state index in [9.17, 15) is 0 Å². The molecule has 1 heterocycles. The number of nitrogen functional groups attached to an aromatic ring is 1. The highest BCUT2D eigenvalue weighted by molar-refractivity contribution is 5.25. The van der Waals surface area contributed by atoms with Crippen molar-refractivity contribution >= 4 is 5.95 Å². The quantitative estimate of drug-likeness (QED) is 0.363. The summed E-state index contributed by atoms with van der Waals surface area (Å²) in [4.78, 5) is 7.86. The smallest absolute Gasteiger partial charge is 0.240 e. The standard InChI is InChI=1S/C10H18N4O3/c1-15-5-2-6-16-7-8-17-9-3-4-12-10(13-9)14-11/h3-4H,2,5-8,11H2,1H3,(H,12,13,14). The van der Waals surface area contributed by atoms with Crippen LogP contribution >= 0.6 is 0 Å². The maximum absolute atomic E-state index is 5.35. The molecular formula is C10H18N4O3. The summed E-state index contributed by atoms with van der Waals surface area (Å²) in [5, 5.41) is 0. The van der Waals surface area contributed by atoms with Gasteiger partial charge in [0.1, 0.15) is 6.61 Å². The number of hydrogen-bond acceptors (Lipinski definition) is 7. The molecule has 0 unspecified atom stereocenters. The van der Waals surface area contributed by atoms with E-state index in [1.807, 2.05) is 0 Å². The number of nitrogens with two attached hydrogens (primary N) is 1. The van der Waals surface area contributed by atoms with E-state index in [2.05, 4.69) is 15.4 Å². The molecule has 0 aliphatic carbocycles. The van der Waals surface area contributed by atoms with Crippen LogP contribution in [0.1, 0.15) is 6.42 Å². The van der Waals surface area contributed by atoms with Crippen molar-refractivity contribution in [2.75, 3.05) is 39.0 Å². The minimum absolute atomic E-state index is 0.323. The highest BCUT2D eigenvalue weighted by atomic mass is 16.5. The fourth-order valence-corrected chi connectivity index (χ4v) is 1.10. The summed E-state index contributed by atoms with van der Waals surface area (Å²) in [6, 6.07) is 1.66. The fourth-order valence-electron chi connectivity index (χ4n) is 1.10. The van der Waals surface area contributed by atoms with E-state index in [0.717, 1.165) is 6.42 Å². The lowest BCUT2D eigenvalue weighted by Gasteiger charge is -2.06. The molecular weight excluding hydrogens is 224 g/mol. The molecule has 0 aliphatic heterocycles. The average Bonchev–Trinajstić information content (AvgIpc) is 2.38. The maximum Gasteiger partial charge on any atom is 0.240 e. The Morgan fingerprint density at radius 3 is 2.94 bits per heavy atom. The van der Waals surface area contributed by atoms with Crippen molar-refractivity contribution in [2.24, 2.45) is 5.84 Å². The summed E-state index contributed by atoms with van der Waals surface area (Å²) < 4.78 is 15.6. The predicted octanol–water partition coefficient (Wildman–Crippen LogP) is 0.194. The van der Waals surface area contributed by atoms with Crippen LogP contribution in [0.3, 0.4) is 0 Å². The molecule has 0 atom stereocenters. The summed E-state index contributed by atoms with van der Waals surface area (Å²) in [5.74, 6) is 5.96. The van der Waals surface area contributed by atoms with E-state index in [-0.39, 0.29) is 0 Å². The molecule has 7 nitrogen and oxygen atoms in total. The zero-order chi connectivity index (χ0) is 12.3. The number of methoxy groups -OCH3 is 1. The Hall–Kier alpha value is -1.44. The van der Waals surface area contributed by atoms with Crippen molar-refractivity contribution in [3.63, 3.8) is 0 Å². The molecule has 96 valence electrons. The van der Waals surface area contributed by atoms with Crippen molar-refractivity contribution < 1.29 is 14.2 Å². The molecule has 0 amide bonds. The van der Waals surface area contributed by atoms with Gasteiger partial charge in [0.15, 0.2) is 0 Å². The summed E-state index contributed by atoms with van der Waals surface area (Å²) in [6.07, 6.45) is 2.45. The lowest BCUT2D eigenvalue weighted by Crippen LogP contribution is -2.12. The van der Waals surface area contributed by atoms with Gasteiger partial charge in [-0.2, -0.15) is 4.98 Å². The second kappa shape index (κ2) is 8.68. The van der Waals surface area contributed by atoms with Gasteiger partial charge in [0.25, 0.3) is 0 Å². The number of anilines is 1. The lowest BCUT2D eigenvalue weighted by atomic mass is 10.5. The van der Waals surface area contributed by atoms with E-state index in [1.165, 1.54) is 0 Å². The van der Waals surface area contributed by atoms with Crippen molar-refractivity contribution in [3.8, 4) is 5.88 Å². The number of nitrogens with one attached hydrogen (secondary N) is 1. The first-order valence-electron chi connectivity index (χ1n) is 5.36. The van der Waals surface area contributed by atoms with E-state index >= 15 is 0 Å². The van der Waals surface area contributed by atoms with Gasteiger partial charge >= 0.3 is 0 Å². The zero-order valence-electron chi connectivity index (χ0n) is 9.89. The van der Waals surface area contributed by atoms with Crippen LogP contribution in [-0.2, 0) is 9.47 Å². The van der Waals surface area contributed by atoms with Crippen LogP contribution in [0.2, 0.25) is 0 Å². The van der Waals surface area contributed by atoms with Gasteiger partial charge in [-0.05, 0) is 6.42 Å². The van der Waals surface area contributed by atoms with Gasteiger partial charge in [-0.15, -0.1) is 0 Å². The lowest BCUT2D eigenvalue weighted by molar-refractivity contribution is 0.0795. The van der Waals surface area contributed by atoms with Gasteiger partial charge in [0, 0.05) is 32.6 Å². The average molecular weight is 242 g/mol. The molecule has 17 heavy (non-hydrogen) atoms. The molecule has 0 aliphatic rings. The largest absolute Gasteiger partial charge is 0.475 e. The molecule has 0 aromatic carbocycles. The molecule has 0 saturated carbocycles. The molecule has 0 spiro atoms. The summed E-state index contributed by atoms with van der Waals surface area (Å²) in [5.41, 5.74) is 2.34. The molecule has 7 heteroatoms. The van der Waals surface area contributed by atoms with Crippen LogP contribution in [0, 0.1) is 0 Å². The first kappa shape index (κ1) is 13.6. The van der Waals surface area contributed by atoms with Crippen LogP contribution in [0.4, 0.5) is 5.95 Å². The third-order valence-corrected chi connectivity index (χ3v) is 1.87.